The van der Waals surface area contributed by atoms with Crippen molar-refractivity contribution in [3.8, 4) is 0 Å². The van der Waals surface area contributed by atoms with E-state index in [4.69, 9.17) is 10.5 Å². The van der Waals surface area contributed by atoms with Crippen LogP contribution in [0.4, 0.5) is 0 Å². The van der Waals surface area contributed by atoms with Crippen molar-refractivity contribution in [1.29, 1.82) is 0 Å². The number of amides is 2. The molecule has 0 aliphatic carbocycles. The third kappa shape index (κ3) is 4.23. The fourth-order valence-corrected chi connectivity index (χ4v) is 3.45. The fourth-order valence-electron chi connectivity index (χ4n) is 3.45. The molecule has 2 amide bonds. The number of rotatable bonds is 4. The van der Waals surface area contributed by atoms with Crippen molar-refractivity contribution < 1.29 is 14.3 Å². The van der Waals surface area contributed by atoms with Gasteiger partial charge in [-0.2, -0.15) is 0 Å². The molecule has 142 valence electrons. The molecule has 0 radical (unpaired) electrons. The van der Waals surface area contributed by atoms with Gasteiger partial charge in [0.05, 0.1) is 19.8 Å². The third-order valence-electron chi connectivity index (χ3n) is 5.20. The summed E-state index contributed by atoms with van der Waals surface area (Å²) in [5.74, 6) is 0.0292. The molecule has 2 saturated heterocycles. The minimum atomic E-state index is -1.05. The highest BCUT2D eigenvalue weighted by molar-refractivity contribution is 5.87. The molecular formula is C19H28N4O3. The highest BCUT2D eigenvalue weighted by atomic mass is 16.5. The van der Waals surface area contributed by atoms with Crippen molar-refractivity contribution >= 4 is 11.8 Å². The topological polar surface area (TPSA) is 79.1 Å². The van der Waals surface area contributed by atoms with Crippen molar-refractivity contribution in [2.45, 2.75) is 12.5 Å². The molecule has 0 aromatic heterocycles. The quantitative estimate of drug-likeness (QED) is 0.809. The Hall–Kier alpha value is -1.96. The summed E-state index contributed by atoms with van der Waals surface area (Å²) in [6.45, 7) is 7.30. The van der Waals surface area contributed by atoms with Crippen LogP contribution in [0.5, 0.6) is 0 Å². The molecule has 7 heteroatoms. The monoisotopic (exact) mass is 360 g/mol. The van der Waals surface area contributed by atoms with Crippen LogP contribution in [0, 0.1) is 0 Å². The Morgan fingerprint density at radius 2 is 1.58 bits per heavy atom. The van der Waals surface area contributed by atoms with Gasteiger partial charge in [-0.25, -0.2) is 0 Å². The summed E-state index contributed by atoms with van der Waals surface area (Å²) in [7, 11) is 0. The van der Waals surface area contributed by atoms with Crippen LogP contribution in [0.1, 0.15) is 12.5 Å². The van der Waals surface area contributed by atoms with Crippen LogP contribution in [-0.4, -0.2) is 85.5 Å². The van der Waals surface area contributed by atoms with Crippen LogP contribution in [0.2, 0.25) is 0 Å². The van der Waals surface area contributed by atoms with Crippen molar-refractivity contribution in [2.24, 2.45) is 5.73 Å². The maximum atomic E-state index is 12.9. The van der Waals surface area contributed by atoms with Gasteiger partial charge < -0.3 is 20.3 Å². The first-order chi connectivity index (χ1) is 12.5. The second-order valence-corrected chi connectivity index (χ2v) is 7.13. The van der Waals surface area contributed by atoms with Crippen molar-refractivity contribution in [2.75, 3.05) is 59.0 Å². The molecule has 2 heterocycles. The van der Waals surface area contributed by atoms with Crippen LogP contribution >= 0.6 is 0 Å². The van der Waals surface area contributed by atoms with E-state index in [9.17, 15) is 9.59 Å². The minimum Gasteiger partial charge on any atom is -0.379 e. The maximum absolute atomic E-state index is 12.9. The number of hydrogen-bond donors (Lipinski definition) is 1. The fraction of sp³-hybridized carbons (Fsp3) is 0.579. The molecule has 0 saturated carbocycles. The Balaban J connectivity index is 1.53. The van der Waals surface area contributed by atoms with Crippen molar-refractivity contribution in [1.82, 2.24) is 14.7 Å². The van der Waals surface area contributed by atoms with Gasteiger partial charge in [-0.15, -0.1) is 0 Å². The Labute approximate surface area is 154 Å². The summed E-state index contributed by atoms with van der Waals surface area (Å²) in [6.07, 6.45) is 0. The van der Waals surface area contributed by atoms with Gasteiger partial charge in [0.2, 0.25) is 11.8 Å². The molecule has 1 aromatic rings. The molecule has 1 atom stereocenters. The lowest BCUT2D eigenvalue weighted by Crippen LogP contribution is -2.58. The molecule has 2 fully saturated rings. The van der Waals surface area contributed by atoms with E-state index >= 15 is 0 Å². The number of piperazine rings is 1. The Bertz CT molecular complexity index is 621. The summed E-state index contributed by atoms with van der Waals surface area (Å²) >= 11 is 0. The first kappa shape index (κ1) is 18.8. The van der Waals surface area contributed by atoms with Crippen molar-refractivity contribution in [3.63, 3.8) is 0 Å². The molecule has 2 N–H and O–H groups in total. The number of nitrogens with zero attached hydrogens (tertiary/aromatic N) is 3. The third-order valence-corrected chi connectivity index (χ3v) is 5.20. The predicted molar refractivity (Wildman–Crippen MR) is 98.4 cm³/mol. The standard InChI is InChI=1S/C19H28N4O3/c1-19(20,16-5-3-2-4-6-16)18(25)23-9-7-22(8-10-23)17(24)15-21-11-13-26-14-12-21/h2-6H,7-15,20H2,1H3. The number of carbonyl (C=O) groups is 2. The van der Waals surface area contributed by atoms with E-state index in [1.807, 2.05) is 35.2 Å². The SMILES string of the molecule is CC(N)(C(=O)N1CCN(C(=O)CN2CCOCC2)CC1)c1ccccc1. The highest BCUT2D eigenvalue weighted by Gasteiger charge is 2.36. The van der Waals surface area contributed by atoms with Crippen LogP contribution < -0.4 is 5.73 Å². The Morgan fingerprint density at radius 3 is 2.19 bits per heavy atom. The van der Waals surface area contributed by atoms with Crippen LogP contribution in [0.25, 0.3) is 0 Å². The van der Waals surface area contributed by atoms with Gasteiger partial charge >= 0.3 is 0 Å². The number of carbonyl (C=O) groups excluding carboxylic acids is 2. The molecule has 2 aliphatic rings. The number of ether oxygens (including phenoxy) is 1. The van der Waals surface area contributed by atoms with E-state index in [1.54, 1.807) is 11.8 Å². The molecule has 0 spiro atoms. The predicted octanol–water partition coefficient (Wildman–Crippen LogP) is -0.136. The summed E-state index contributed by atoms with van der Waals surface area (Å²) in [4.78, 5) is 31.1. The number of hydrogen-bond acceptors (Lipinski definition) is 5. The Morgan fingerprint density at radius 1 is 1.00 bits per heavy atom. The summed E-state index contributed by atoms with van der Waals surface area (Å²) in [5, 5.41) is 0. The average molecular weight is 360 g/mol. The zero-order chi connectivity index (χ0) is 18.6. The van der Waals surface area contributed by atoms with Gasteiger partial charge in [-0.3, -0.25) is 14.5 Å². The van der Waals surface area contributed by atoms with E-state index in [-0.39, 0.29) is 11.8 Å². The molecule has 0 bridgehead atoms. The smallest absolute Gasteiger partial charge is 0.247 e. The lowest BCUT2D eigenvalue weighted by Gasteiger charge is -2.39. The van der Waals surface area contributed by atoms with Crippen LogP contribution in [0.15, 0.2) is 30.3 Å². The van der Waals surface area contributed by atoms with Gasteiger partial charge in [-0.1, -0.05) is 30.3 Å². The lowest BCUT2D eigenvalue weighted by molar-refractivity contribution is -0.143. The van der Waals surface area contributed by atoms with Gasteiger partial charge in [0.1, 0.15) is 5.54 Å². The normalized spacial score (nSPS) is 21.3. The van der Waals surface area contributed by atoms with Crippen LogP contribution in [-0.2, 0) is 19.9 Å². The van der Waals surface area contributed by atoms with Gasteiger partial charge in [0.25, 0.3) is 0 Å². The Kier molecular flexibility index (Phi) is 5.90. The van der Waals surface area contributed by atoms with E-state index in [0.29, 0.717) is 45.9 Å². The average Bonchev–Trinajstić information content (AvgIpc) is 2.69. The zero-order valence-electron chi connectivity index (χ0n) is 15.4. The largest absolute Gasteiger partial charge is 0.379 e. The molecule has 2 aliphatic heterocycles. The van der Waals surface area contributed by atoms with Gasteiger partial charge in [0.15, 0.2) is 0 Å². The highest BCUT2D eigenvalue weighted by Crippen LogP contribution is 2.21. The van der Waals surface area contributed by atoms with Gasteiger partial charge in [0, 0.05) is 39.3 Å². The number of benzene rings is 1. The van der Waals surface area contributed by atoms with E-state index < -0.39 is 5.54 Å². The summed E-state index contributed by atoms with van der Waals surface area (Å²) in [5.41, 5.74) is 6.09. The lowest BCUT2D eigenvalue weighted by atomic mass is 9.91. The second kappa shape index (κ2) is 8.16. The molecule has 26 heavy (non-hydrogen) atoms. The molecule has 1 aromatic carbocycles. The van der Waals surface area contributed by atoms with E-state index in [0.717, 1.165) is 18.7 Å². The van der Waals surface area contributed by atoms with E-state index in [2.05, 4.69) is 4.90 Å². The minimum absolute atomic E-state index is 0.0935. The van der Waals surface area contributed by atoms with Gasteiger partial charge in [-0.05, 0) is 12.5 Å². The molecule has 7 nitrogen and oxygen atoms in total. The molecule has 1 unspecified atom stereocenters. The number of morpholine rings is 1. The molecular weight excluding hydrogens is 332 g/mol. The van der Waals surface area contributed by atoms with Crippen LogP contribution in [0.3, 0.4) is 0 Å². The second-order valence-electron chi connectivity index (χ2n) is 7.13. The van der Waals surface area contributed by atoms with Crippen molar-refractivity contribution in [3.05, 3.63) is 35.9 Å². The summed E-state index contributed by atoms with van der Waals surface area (Å²) < 4.78 is 5.31. The first-order valence-electron chi connectivity index (χ1n) is 9.20. The maximum Gasteiger partial charge on any atom is 0.247 e. The number of nitrogens with two attached hydrogens (primary N) is 1. The summed E-state index contributed by atoms with van der Waals surface area (Å²) in [6, 6.07) is 9.43. The van der Waals surface area contributed by atoms with E-state index in [1.165, 1.54) is 0 Å². The zero-order valence-corrected chi connectivity index (χ0v) is 15.4. The molecule has 3 rings (SSSR count). The first-order valence-corrected chi connectivity index (χ1v) is 9.20.